The number of hydrogen-bond donors (Lipinski definition) is 0. The number of nitrogens with zero attached hydrogens (tertiary/aromatic N) is 2. The number of benzene rings is 2. The summed E-state index contributed by atoms with van der Waals surface area (Å²) in [6.45, 7) is 4.59. The van der Waals surface area contributed by atoms with Crippen LogP contribution >= 0.6 is 22.6 Å². The number of fused-ring (bicyclic) bond motifs is 1. The second-order valence-corrected chi connectivity index (χ2v) is 8.30. The first kappa shape index (κ1) is 17.3. The lowest BCUT2D eigenvalue weighted by Gasteiger charge is -2.38. The van der Waals surface area contributed by atoms with Gasteiger partial charge in [0.25, 0.3) is 0 Å². The Bertz CT molecular complexity index is 723. The van der Waals surface area contributed by atoms with Gasteiger partial charge < -0.3 is 9.80 Å². The smallest absolute Gasteiger partial charge is 0.123 e. The van der Waals surface area contributed by atoms with Crippen LogP contribution in [0.15, 0.2) is 42.5 Å². The molecule has 1 saturated heterocycles. The van der Waals surface area contributed by atoms with Crippen molar-refractivity contribution in [2.45, 2.75) is 31.7 Å². The number of piperidine rings is 1. The molecule has 0 spiro atoms. The molecule has 0 aromatic heterocycles. The van der Waals surface area contributed by atoms with Crippen LogP contribution in [0.4, 0.5) is 10.1 Å². The fourth-order valence-corrected chi connectivity index (χ4v) is 5.06. The van der Waals surface area contributed by atoms with Crippen LogP contribution in [0.5, 0.6) is 0 Å². The molecule has 2 aromatic carbocycles. The molecule has 132 valence electrons. The fourth-order valence-electron chi connectivity index (χ4n) is 4.19. The van der Waals surface area contributed by atoms with Crippen molar-refractivity contribution in [3.05, 3.63) is 63.0 Å². The van der Waals surface area contributed by atoms with Gasteiger partial charge in [-0.25, -0.2) is 4.39 Å². The van der Waals surface area contributed by atoms with E-state index in [-0.39, 0.29) is 5.82 Å². The van der Waals surface area contributed by atoms with E-state index in [1.165, 1.54) is 59.3 Å². The zero-order valence-corrected chi connectivity index (χ0v) is 16.6. The average Bonchev–Trinajstić information content (AvgIpc) is 3.07. The van der Waals surface area contributed by atoms with Crippen molar-refractivity contribution in [3.8, 4) is 0 Å². The number of anilines is 1. The van der Waals surface area contributed by atoms with Crippen LogP contribution in [-0.2, 0) is 12.8 Å². The van der Waals surface area contributed by atoms with E-state index in [0.29, 0.717) is 6.04 Å². The van der Waals surface area contributed by atoms with Gasteiger partial charge in [0, 0.05) is 35.8 Å². The van der Waals surface area contributed by atoms with E-state index < -0.39 is 0 Å². The minimum Gasteiger partial charge on any atom is -0.367 e. The summed E-state index contributed by atoms with van der Waals surface area (Å²) in [5, 5.41) is 0. The highest BCUT2D eigenvalue weighted by Crippen LogP contribution is 2.36. The normalized spacial score (nSPS) is 18.6. The Morgan fingerprint density at radius 3 is 2.52 bits per heavy atom. The Hall–Kier alpha value is -1.14. The van der Waals surface area contributed by atoms with Gasteiger partial charge in [-0.3, -0.25) is 0 Å². The number of rotatable bonds is 4. The second-order valence-electron chi connectivity index (χ2n) is 7.14. The van der Waals surface area contributed by atoms with Gasteiger partial charge in [0.05, 0.1) is 5.69 Å². The number of para-hydroxylation sites is 1. The van der Waals surface area contributed by atoms with E-state index in [4.69, 9.17) is 0 Å². The first-order chi connectivity index (χ1) is 12.2. The standard InChI is InChI=1S/C21H24FIN2/c22-18-6-4-16(5-7-18)8-12-24-13-10-19(11-14-24)25-15-9-17-2-1-3-20(23)21(17)25/h1-7,19H,8-15H2. The van der Waals surface area contributed by atoms with Crippen LogP contribution in [-0.4, -0.2) is 37.1 Å². The molecule has 1 fully saturated rings. The molecule has 25 heavy (non-hydrogen) atoms. The molecule has 2 nitrogen and oxygen atoms in total. The summed E-state index contributed by atoms with van der Waals surface area (Å²) < 4.78 is 14.4. The first-order valence-corrected chi connectivity index (χ1v) is 10.3. The molecule has 4 heteroatoms. The van der Waals surface area contributed by atoms with Crippen molar-refractivity contribution in [2.24, 2.45) is 0 Å². The fraction of sp³-hybridized carbons (Fsp3) is 0.429. The van der Waals surface area contributed by atoms with E-state index >= 15 is 0 Å². The molecule has 4 rings (SSSR count). The minimum atomic E-state index is -0.148. The van der Waals surface area contributed by atoms with Crippen molar-refractivity contribution >= 4 is 28.3 Å². The van der Waals surface area contributed by atoms with Crippen molar-refractivity contribution in [1.82, 2.24) is 4.90 Å². The summed E-state index contributed by atoms with van der Waals surface area (Å²) in [5.74, 6) is -0.148. The molecular weight excluding hydrogens is 426 g/mol. The van der Waals surface area contributed by atoms with Crippen molar-refractivity contribution in [2.75, 3.05) is 31.1 Å². The first-order valence-electron chi connectivity index (χ1n) is 9.21. The van der Waals surface area contributed by atoms with E-state index in [1.54, 1.807) is 12.1 Å². The van der Waals surface area contributed by atoms with Crippen LogP contribution in [0.2, 0.25) is 0 Å². The van der Waals surface area contributed by atoms with Crippen LogP contribution < -0.4 is 4.90 Å². The molecule has 0 radical (unpaired) electrons. The average molecular weight is 450 g/mol. The van der Waals surface area contributed by atoms with Crippen molar-refractivity contribution in [3.63, 3.8) is 0 Å². The molecule has 2 aromatic rings. The van der Waals surface area contributed by atoms with Gasteiger partial charge in [-0.2, -0.15) is 0 Å². The molecule has 2 aliphatic rings. The molecule has 2 heterocycles. The highest BCUT2D eigenvalue weighted by atomic mass is 127. The summed E-state index contributed by atoms with van der Waals surface area (Å²) in [7, 11) is 0. The summed E-state index contributed by atoms with van der Waals surface area (Å²) in [6, 6.07) is 14.3. The van der Waals surface area contributed by atoms with Crippen molar-refractivity contribution < 1.29 is 4.39 Å². The second kappa shape index (κ2) is 7.62. The number of hydrogen-bond acceptors (Lipinski definition) is 2. The molecule has 0 N–H and O–H groups in total. The lowest BCUT2D eigenvalue weighted by Crippen LogP contribution is -2.45. The molecule has 0 saturated carbocycles. The van der Waals surface area contributed by atoms with Gasteiger partial charge in [-0.1, -0.05) is 24.3 Å². The Morgan fingerprint density at radius 1 is 1.00 bits per heavy atom. The summed E-state index contributed by atoms with van der Waals surface area (Å²) in [6.07, 6.45) is 4.69. The quantitative estimate of drug-likeness (QED) is 0.634. The van der Waals surface area contributed by atoms with Gasteiger partial charge in [0.15, 0.2) is 0 Å². The van der Waals surface area contributed by atoms with E-state index in [0.717, 1.165) is 13.0 Å². The third-order valence-electron chi connectivity index (χ3n) is 5.61. The lowest BCUT2D eigenvalue weighted by molar-refractivity contribution is 0.212. The number of likely N-dealkylation sites (tertiary alicyclic amines) is 1. The lowest BCUT2D eigenvalue weighted by atomic mass is 10.0. The SMILES string of the molecule is Fc1ccc(CCN2CCC(N3CCc4cccc(I)c43)CC2)cc1. The summed E-state index contributed by atoms with van der Waals surface area (Å²) in [4.78, 5) is 5.22. The number of halogens is 2. The van der Waals surface area contributed by atoms with E-state index in [2.05, 4.69) is 50.6 Å². The van der Waals surface area contributed by atoms with Crippen LogP contribution in [0, 0.1) is 9.39 Å². The third-order valence-corrected chi connectivity index (χ3v) is 6.48. The molecule has 0 atom stereocenters. The highest BCUT2D eigenvalue weighted by Gasteiger charge is 2.30. The van der Waals surface area contributed by atoms with Crippen molar-refractivity contribution in [1.29, 1.82) is 0 Å². The summed E-state index contributed by atoms with van der Waals surface area (Å²) in [5.41, 5.74) is 4.24. The summed E-state index contributed by atoms with van der Waals surface area (Å²) >= 11 is 2.48. The van der Waals surface area contributed by atoms with Crippen LogP contribution in [0.25, 0.3) is 0 Å². The van der Waals surface area contributed by atoms with E-state index in [9.17, 15) is 4.39 Å². The maximum Gasteiger partial charge on any atom is 0.123 e. The predicted octanol–water partition coefficient (Wildman–Crippen LogP) is 4.50. The minimum absolute atomic E-state index is 0.148. The Kier molecular flexibility index (Phi) is 5.27. The van der Waals surface area contributed by atoms with E-state index in [1.807, 2.05) is 12.1 Å². The zero-order valence-electron chi connectivity index (χ0n) is 14.4. The molecule has 0 amide bonds. The Balaban J connectivity index is 1.31. The Morgan fingerprint density at radius 2 is 1.76 bits per heavy atom. The van der Waals surface area contributed by atoms with Gasteiger partial charge in [0.2, 0.25) is 0 Å². The van der Waals surface area contributed by atoms with Crippen LogP contribution in [0.3, 0.4) is 0 Å². The molecule has 2 aliphatic heterocycles. The zero-order chi connectivity index (χ0) is 17.2. The highest BCUT2D eigenvalue weighted by molar-refractivity contribution is 14.1. The maximum atomic E-state index is 13.0. The Labute approximate surface area is 163 Å². The maximum absolute atomic E-state index is 13.0. The third kappa shape index (κ3) is 3.85. The van der Waals surface area contributed by atoms with Gasteiger partial charge in [-0.15, -0.1) is 0 Å². The van der Waals surface area contributed by atoms with Gasteiger partial charge >= 0.3 is 0 Å². The molecule has 0 unspecified atom stereocenters. The molecular formula is C21H24FIN2. The van der Waals surface area contributed by atoms with Gasteiger partial charge in [0.1, 0.15) is 5.82 Å². The largest absolute Gasteiger partial charge is 0.367 e. The van der Waals surface area contributed by atoms with Crippen LogP contribution in [0.1, 0.15) is 24.0 Å². The molecule has 0 bridgehead atoms. The van der Waals surface area contributed by atoms with Gasteiger partial charge in [-0.05, 0) is 77.6 Å². The monoisotopic (exact) mass is 450 g/mol. The topological polar surface area (TPSA) is 6.48 Å². The molecule has 0 aliphatic carbocycles. The predicted molar refractivity (Wildman–Crippen MR) is 110 cm³/mol.